The summed E-state index contributed by atoms with van der Waals surface area (Å²) in [5.74, 6) is 1.02. The van der Waals surface area contributed by atoms with Gasteiger partial charge in [-0.05, 0) is 45.0 Å². The Morgan fingerprint density at radius 2 is 2.14 bits per heavy atom. The van der Waals surface area contributed by atoms with Gasteiger partial charge in [-0.15, -0.1) is 11.8 Å². The zero-order valence-electron chi connectivity index (χ0n) is 13.2. The van der Waals surface area contributed by atoms with Gasteiger partial charge in [0, 0.05) is 23.4 Å². The van der Waals surface area contributed by atoms with E-state index in [2.05, 4.69) is 66.2 Å². The molecule has 21 heavy (non-hydrogen) atoms. The van der Waals surface area contributed by atoms with E-state index in [-0.39, 0.29) is 0 Å². The molecule has 1 aromatic carbocycles. The van der Waals surface area contributed by atoms with E-state index < -0.39 is 0 Å². The van der Waals surface area contributed by atoms with Crippen molar-refractivity contribution in [3.05, 3.63) is 47.8 Å². The van der Waals surface area contributed by atoms with Crippen molar-refractivity contribution in [1.82, 2.24) is 15.1 Å². The predicted octanol–water partition coefficient (Wildman–Crippen LogP) is 4.04. The number of thioether (sulfide) groups is 1. The highest BCUT2D eigenvalue weighted by Crippen LogP contribution is 2.25. The molecule has 0 bridgehead atoms. The van der Waals surface area contributed by atoms with Crippen LogP contribution in [0, 0.1) is 6.92 Å². The Hall–Kier alpha value is -1.26. The van der Waals surface area contributed by atoms with Crippen LogP contribution in [0.3, 0.4) is 0 Å². The molecule has 1 aromatic heterocycles. The summed E-state index contributed by atoms with van der Waals surface area (Å²) in [6.07, 6.45) is 3.04. The lowest BCUT2D eigenvalue weighted by Gasteiger charge is -2.19. The Morgan fingerprint density at radius 1 is 1.29 bits per heavy atom. The van der Waals surface area contributed by atoms with Crippen molar-refractivity contribution in [1.29, 1.82) is 0 Å². The third kappa shape index (κ3) is 4.61. The van der Waals surface area contributed by atoms with E-state index in [4.69, 9.17) is 0 Å². The van der Waals surface area contributed by atoms with E-state index in [9.17, 15) is 0 Å². The van der Waals surface area contributed by atoms with Crippen LogP contribution in [0.15, 0.2) is 41.4 Å². The zero-order valence-corrected chi connectivity index (χ0v) is 14.0. The number of nitrogens with one attached hydrogen (secondary N) is 1. The topological polar surface area (TPSA) is 29.9 Å². The largest absolute Gasteiger partial charge is 0.308 e. The van der Waals surface area contributed by atoms with Crippen LogP contribution in [0.2, 0.25) is 0 Å². The average molecular weight is 303 g/mol. The van der Waals surface area contributed by atoms with Crippen LogP contribution in [-0.2, 0) is 6.54 Å². The van der Waals surface area contributed by atoms with Gasteiger partial charge in [0.05, 0.1) is 11.7 Å². The normalized spacial score (nSPS) is 12.5. The summed E-state index contributed by atoms with van der Waals surface area (Å²) in [5.41, 5.74) is 2.60. The highest BCUT2D eigenvalue weighted by Gasteiger charge is 2.15. The molecule has 0 aliphatic rings. The van der Waals surface area contributed by atoms with Gasteiger partial charge in [-0.3, -0.25) is 4.68 Å². The van der Waals surface area contributed by atoms with Crippen LogP contribution in [-0.4, -0.2) is 22.1 Å². The molecule has 0 radical (unpaired) electrons. The first kappa shape index (κ1) is 16.1. The molecule has 1 N–H and O–H groups in total. The molecule has 0 saturated carbocycles. The third-order valence-corrected chi connectivity index (χ3v) is 4.54. The highest BCUT2D eigenvalue weighted by atomic mass is 32.2. The van der Waals surface area contributed by atoms with Crippen LogP contribution in [0.4, 0.5) is 0 Å². The Labute approximate surface area is 132 Å². The Morgan fingerprint density at radius 3 is 2.86 bits per heavy atom. The predicted molar refractivity (Wildman–Crippen MR) is 90.8 cm³/mol. The lowest BCUT2D eigenvalue weighted by molar-refractivity contribution is 0.514. The summed E-state index contributed by atoms with van der Waals surface area (Å²) in [6.45, 7) is 8.44. The quantitative estimate of drug-likeness (QED) is 0.746. The van der Waals surface area contributed by atoms with Gasteiger partial charge in [0.1, 0.15) is 0 Å². The molecule has 1 unspecified atom stereocenters. The van der Waals surface area contributed by atoms with Crippen molar-refractivity contribution < 1.29 is 0 Å². The molecule has 114 valence electrons. The van der Waals surface area contributed by atoms with Crippen molar-refractivity contribution in [2.24, 2.45) is 0 Å². The molecular weight excluding hydrogens is 278 g/mol. The lowest BCUT2D eigenvalue weighted by atomic mass is 10.2. The first-order valence-electron chi connectivity index (χ1n) is 7.69. The molecule has 4 heteroatoms. The summed E-state index contributed by atoms with van der Waals surface area (Å²) >= 11 is 1.91. The summed E-state index contributed by atoms with van der Waals surface area (Å²) in [7, 11) is 0. The van der Waals surface area contributed by atoms with E-state index >= 15 is 0 Å². The van der Waals surface area contributed by atoms with Crippen molar-refractivity contribution in [3.63, 3.8) is 0 Å². The molecule has 2 aromatic rings. The molecule has 0 fully saturated rings. The maximum atomic E-state index is 4.40. The number of hydrogen-bond acceptors (Lipinski definition) is 3. The van der Waals surface area contributed by atoms with Crippen LogP contribution in [0.1, 0.15) is 37.6 Å². The molecule has 0 spiro atoms. The number of rotatable bonds is 8. The summed E-state index contributed by atoms with van der Waals surface area (Å²) in [6, 6.07) is 11.2. The van der Waals surface area contributed by atoms with E-state index in [1.807, 2.05) is 18.0 Å². The average Bonchev–Trinajstić information content (AvgIpc) is 2.96. The van der Waals surface area contributed by atoms with E-state index in [1.165, 1.54) is 16.2 Å². The Balaban J connectivity index is 2.06. The van der Waals surface area contributed by atoms with Crippen LogP contribution >= 0.6 is 11.8 Å². The SMILES string of the molecule is CCCNC(CSc1cccc(C)c1)c1ccnn1CC. The van der Waals surface area contributed by atoms with Gasteiger partial charge >= 0.3 is 0 Å². The van der Waals surface area contributed by atoms with Gasteiger partial charge in [0.2, 0.25) is 0 Å². The summed E-state index contributed by atoms with van der Waals surface area (Å²) in [4.78, 5) is 1.33. The van der Waals surface area contributed by atoms with Crippen LogP contribution < -0.4 is 5.32 Å². The molecule has 0 saturated heterocycles. The Kier molecular flexibility index (Phi) is 6.33. The van der Waals surface area contributed by atoms with Crippen molar-refractivity contribution >= 4 is 11.8 Å². The maximum Gasteiger partial charge on any atom is 0.0587 e. The molecule has 0 amide bonds. The minimum absolute atomic E-state index is 0.345. The second-order valence-electron chi connectivity index (χ2n) is 5.21. The minimum atomic E-state index is 0.345. The molecule has 1 atom stereocenters. The molecular formula is C17H25N3S. The highest BCUT2D eigenvalue weighted by molar-refractivity contribution is 7.99. The maximum absolute atomic E-state index is 4.40. The first-order valence-corrected chi connectivity index (χ1v) is 8.67. The molecule has 2 rings (SSSR count). The second kappa shape index (κ2) is 8.25. The first-order chi connectivity index (χ1) is 10.2. The van der Waals surface area contributed by atoms with Crippen molar-refractivity contribution in [3.8, 4) is 0 Å². The number of hydrogen-bond donors (Lipinski definition) is 1. The molecule has 0 aliphatic heterocycles. The zero-order chi connectivity index (χ0) is 15.1. The number of benzene rings is 1. The molecule has 0 aliphatic carbocycles. The van der Waals surface area contributed by atoms with Crippen LogP contribution in [0.5, 0.6) is 0 Å². The fourth-order valence-electron chi connectivity index (χ4n) is 2.36. The number of aryl methyl sites for hydroxylation is 2. The van der Waals surface area contributed by atoms with E-state index in [0.717, 1.165) is 25.3 Å². The smallest absolute Gasteiger partial charge is 0.0587 e. The minimum Gasteiger partial charge on any atom is -0.308 e. The number of nitrogens with zero attached hydrogens (tertiary/aromatic N) is 2. The summed E-state index contributed by atoms with van der Waals surface area (Å²) < 4.78 is 2.09. The Bertz CT molecular complexity index is 550. The monoisotopic (exact) mass is 303 g/mol. The van der Waals surface area contributed by atoms with Gasteiger partial charge in [-0.1, -0.05) is 24.6 Å². The third-order valence-electron chi connectivity index (χ3n) is 3.45. The van der Waals surface area contributed by atoms with Gasteiger partial charge < -0.3 is 5.32 Å². The van der Waals surface area contributed by atoms with E-state index in [1.54, 1.807) is 0 Å². The second-order valence-corrected chi connectivity index (χ2v) is 6.30. The van der Waals surface area contributed by atoms with Gasteiger partial charge in [-0.25, -0.2) is 0 Å². The fourth-order valence-corrected chi connectivity index (χ4v) is 3.45. The van der Waals surface area contributed by atoms with Gasteiger partial charge in [0.15, 0.2) is 0 Å². The fraction of sp³-hybridized carbons (Fsp3) is 0.471. The van der Waals surface area contributed by atoms with Gasteiger partial charge in [-0.2, -0.15) is 5.10 Å². The van der Waals surface area contributed by atoms with Crippen LogP contribution in [0.25, 0.3) is 0 Å². The van der Waals surface area contributed by atoms with Gasteiger partial charge in [0.25, 0.3) is 0 Å². The standard InChI is InChI=1S/C17H25N3S/c1-4-10-18-16(17-9-11-19-20(17)5-2)13-21-15-8-6-7-14(3)12-15/h6-9,11-12,16,18H,4-5,10,13H2,1-3H3. The summed E-state index contributed by atoms with van der Waals surface area (Å²) in [5, 5.41) is 8.05. The number of aromatic nitrogens is 2. The van der Waals surface area contributed by atoms with Crippen molar-refractivity contribution in [2.75, 3.05) is 12.3 Å². The molecule has 1 heterocycles. The lowest BCUT2D eigenvalue weighted by Crippen LogP contribution is -2.26. The van der Waals surface area contributed by atoms with Crippen molar-refractivity contribution in [2.45, 2.75) is 44.7 Å². The molecule has 3 nitrogen and oxygen atoms in total. The van der Waals surface area contributed by atoms with E-state index in [0.29, 0.717) is 6.04 Å².